The lowest BCUT2D eigenvalue weighted by molar-refractivity contribution is -0.109. The second-order valence-corrected chi connectivity index (χ2v) is 4.11. The number of carbonyl (C=O) groups excluding carboxylic acids is 2. The Labute approximate surface area is 118 Å². The number of nitrogens with one attached hydrogen (secondary N) is 3. The van der Waals surface area contributed by atoms with Crippen molar-refractivity contribution < 1.29 is 14.3 Å². The van der Waals surface area contributed by atoms with Gasteiger partial charge in [0.15, 0.2) is 0 Å². The molecule has 0 aromatic heterocycles. The lowest BCUT2D eigenvalue weighted by Gasteiger charge is -2.08. The molecule has 0 aliphatic heterocycles. The van der Waals surface area contributed by atoms with Crippen molar-refractivity contribution in [2.24, 2.45) is 0 Å². The van der Waals surface area contributed by atoms with Crippen LogP contribution in [0.5, 0.6) is 5.75 Å². The molecule has 6 heteroatoms. The first kappa shape index (κ1) is 15.8. The summed E-state index contributed by atoms with van der Waals surface area (Å²) in [6.07, 6.45) is 1.35. The second-order valence-electron chi connectivity index (χ2n) is 4.11. The number of hydrogen-bond acceptors (Lipinski definition) is 3. The third-order valence-electron chi connectivity index (χ3n) is 2.55. The van der Waals surface area contributed by atoms with E-state index in [9.17, 15) is 9.59 Å². The molecule has 3 amide bonds. The number of carbonyl (C=O) groups is 2. The van der Waals surface area contributed by atoms with Crippen LogP contribution in [0.3, 0.4) is 0 Å². The van der Waals surface area contributed by atoms with Crippen molar-refractivity contribution in [2.75, 3.05) is 19.7 Å². The monoisotopic (exact) mass is 279 g/mol. The van der Waals surface area contributed by atoms with Crippen LogP contribution in [0.25, 0.3) is 0 Å². The van der Waals surface area contributed by atoms with Gasteiger partial charge >= 0.3 is 6.03 Å². The Morgan fingerprint density at radius 2 is 1.95 bits per heavy atom. The predicted molar refractivity (Wildman–Crippen MR) is 76.5 cm³/mol. The molecule has 1 aromatic carbocycles. The molecule has 0 heterocycles. The highest BCUT2D eigenvalue weighted by Crippen LogP contribution is 2.11. The molecule has 1 aromatic rings. The number of rotatable bonds is 9. The van der Waals surface area contributed by atoms with Gasteiger partial charge in [-0.3, -0.25) is 4.79 Å². The fourth-order valence-corrected chi connectivity index (χ4v) is 1.57. The summed E-state index contributed by atoms with van der Waals surface area (Å²) in [5.41, 5.74) is 1.01. The summed E-state index contributed by atoms with van der Waals surface area (Å²) >= 11 is 0. The van der Waals surface area contributed by atoms with Crippen molar-refractivity contribution >= 4 is 12.4 Å². The van der Waals surface area contributed by atoms with Gasteiger partial charge < -0.3 is 20.7 Å². The minimum absolute atomic E-state index is 0.218. The molecule has 0 aliphatic rings. The standard InChI is InChI=1S/C14H21N3O3/c1-2-20-13-6-4-12(5-7-13)10-17-14(19)16-9-3-8-15-11-18/h4-7,11H,2-3,8-10H2,1H3,(H,15,18)(H2,16,17,19). The summed E-state index contributed by atoms with van der Waals surface area (Å²) in [6, 6.07) is 7.37. The molecule has 0 radical (unpaired) electrons. The molecule has 0 bridgehead atoms. The normalized spacial score (nSPS) is 9.65. The summed E-state index contributed by atoms with van der Waals surface area (Å²) in [7, 11) is 0. The van der Waals surface area contributed by atoms with Crippen LogP contribution in [-0.4, -0.2) is 32.1 Å². The molecule has 110 valence electrons. The van der Waals surface area contributed by atoms with Crippen LogP contribution >= 0.6 is 0 Å². The Bertz CT molecular complexity index is 407. The Kier molecular flexibility index (Phi) is 7.64. The molecule has 3 N–H and O–H groups in total. The van der Waals surface area contributed by atoms with E-state index in [0.717, 1.165) is 11.3 Å². The van der Waals surface area contributed by atoms with Gasteiger partial charge in [0, 0.05) is 19.6 Å². The Balaban J connectivity index is 2.18. The quantitative estimate of drug-likeness (QED) is 0.466. The van der Waals surface area contributed by atoms with Gasteiger partial charge in [0.05, 0.1) is 6.61 Å². The van der Waals surface area contributed by atoms with E-state index in [-0.39, 0.29) is 6.03 Å². The number of amides is 3. The van der Waals surface area contributed by atoms with Gasteiger partial charge in [0.2, 0.25) is 6.41 Å². The van der Waals surface area contributed by atoms with Crippen LogP contribution in [0.1, 0.15) is 18.9 Å². The number of hydrogen-bond donors (Lipinski definition) is 3. The Morgan fingerprint density at radius 3 is 2.60 bits per heavy atom. The number of benzene rings is 1. The molecule has 0 fully saturated rings. The first-order chi connectivity index (χ1) is 9.76. The molecule has 20 heavy (non-hydrogen) atoms. The molecule has 0 aliphatic carbocycles. The molecular formula is C14H21N3O3. The molecule has 0 spiro atoms. The third-order valence-corrected chi connectivity index (χ3v) is 2.55. The van der Waals surface area contributed by atoms with Gasteiger partial charge in [0.1, 0.15) is 5.75 Å². The number of ether oxygens (including phenoxy) is 1. The molecule has 6 nitrogen and oxygen atoms in total. The fraction of sp³-hybridized carbons (Fsp3) is 0.429. The second kappa shape index (κ2) is 9.66. The van der Waals surface area contributed by atoms with Gasteiger partial charge in [-0.15, -0.1) is 0 Å². The SMILES string of the molecule is CCOc1ccc(CNC(=O)NCCCNC=O)cc1. The fourth-order valence-electron chi connectivity index (χ4n) is 1.57. The van der Waals surface area contributed by atoms with Crippen molar-refractivity contribution in [3.63, 3.8) is 0 Å². The van der Waals surface area contributed by atoms with E-state index >= 15 is 0 Å². The van der Waals surface area contributed by atoms with E-state index < -0.39 is 0 Å². The van der Waals surface area contributed by atoms with Gasteiger partial charge in [-0.05, 0) is 31.0 Å². The van der Waals surface area contributed by atoms with Gasteiger partial charge in [-0.1, -0.05) is 12.1 Å². The van der Waals surface area contributed by atoms with Crippen LogP contribution in [0.15, 0.2) is 24.3 Å². The first-order valence-corrected chi connectivity index (χ1v) is 6.66. The van der Waals surface area contributed by atoms with E-state index in [1.54, 1.807) is 0 Å². The van der Waals surface area contributed by atoms with Crippen molar-refractivity contribution in [1.82, 2.24) is 16.0 Å². The van der Waals surface area contributed by atoms with Crippen LogP contribution in [-0.2, 0) is 11.3 Å². The molecule has 0 unspecified atom stereocenters. The van der Waals surface area contributed by atoms with Crippen LogP contribution in [0.2, 0.25) is 0 Å². The topological polar surface area (TPSA) is 79.5 Å². The van der Waals surface area contributed by atoms with Gasteiger partial charge in [-0.2, -0.15) is 0 Å². The van der Waals surface area contributed by atoms with Crippen molar-refractivity contribution in [2.45, 2.75) is 19.9 Å². The first-order valence-electron chi connectivity index (χ1n) is 6.66. The molecule has 0 saturated heterocycles. The van der Waals surface area contributed by atoms with E-state index in [0.29, 0.717) is 39.1 Å². The van der Waals surface area contributed by atoms with E-state index in [4.69, 9.17) is 4.74 Å². The number of urea groups is 1. The Hall–Kier alpha value is -2.24. The maximum absolute atomic E-state index is 11.5. The van der Waals surface area contributed by atoms with Gasteiger partial charge in [0.25, 0.3) is 0 Å². The maximum Gasteiger partial charge on any atom is 0.315 e. The zero-order valence-electron chi connectivity index (χ0n) is 11.6. The molecular weight excluding hydrogens is 258 g/mol. The lowest BCUT2D eigenvalue weighted by atomic mass is 10.2. The van der Waals surface area contributed by atoms with Crippen molar-refractivity contribution in [1.29, 1.82) is 0 Å². The third kappa shape index (κ3) is 6.63. The lowest BCUT2D eigenvalue weighted by Crippen LogP contribution is -2.36. The van der Waals surface area contributed by atoms with Crippen LogP contribution in [0, 0.1) is 0 Å². The van der Waals surface area contributed by atoms with Crippen molar-refractivity contribution in [3.8, 4) is 5.75 Å². The molecule has 0 atom stereocenters. The average molecular weight is 279 g/mol. The van der Waals surface area contributed by atoms with E-state index in [1.165, 1.54) is 0 Å². The maximum atomic E-state index is 11.5. The Morgan fingerprint density at radius 1 is 1.20 bits per heavy atom. The van der Waals surface area contributed by atoms with Gasteiger partial charge in [-0.25, -0.2) is 4.79 Å². The minimum Gasteiger partial charge on any atom is -0.494 e. The average Bonchev–Trinajstić information content (AvgIpc) is 2.47. The minimum atomic E-state index is -0.218. The highest BCUT2D eigenvalue weighted by Gasteiger charge is 2.00. The summed E-state index contributed by atoms with van der Waals surface area (Å²) in [5, 5.41) is 8.00. The zero-order chi connectivity index (χ0) is 14.6. The van der Waals surface area contributed by atoms with Crippen LogP contribution in [0.4, 0.5) is 4.79 Å². The van der Waals surface area contributed by atoms with E-state index in [2.05, 4.69) is 16.0 Å². The summed E-state index contributed by atoms with van der Waals surface area (Å²) in [4.78, 5) is 21.5. The predicted octanol–water partition coefficient (Wildman–Crippen LogP) is 1.02. The largest absolute Gasteiger partial charge is 0.494 e. The smallest absolute Gasteiger partial charge is 0.315 e. The summed E-state index contributed by atoms with van der Waals surface area (Å²) in [5.74, 6) is 0.823. The summed E-state index contributed by atoms with van der Waals surface area (Å²) < 4.78 is 5.34. The highest BCUT2D eigenvalue weighted by atomic mass is 16.5. The van der Waals surface area contributed by atoms with Crippen molar-refractivity contribution in [3.05, 3.63) is 29.8 Å². The molecule has 0 saturated carbocycles. The van der Waals surface area contributed by atoms with E-state index in [1.807, 2.05) is 31.2 Å². The summed E-state index contributed by atoms with van der Waals surface area (Å²) in [6.45, 7) is 4.12. The van der Waals surface area contributed by atoms with Crippen LogP contribution < -0.4 is 20.7 Å². The highest BCUT2D eigenvalue weighted by molar-refractivity contribution is 5.73. The zero-order valence-corrected chi connectivity index (χ0v) is 11.6. The molecule has 1 rings (SSSR count).